The molecule has 1 heterocycles. The molecule has 1 atom stereocenters. The fraction of sp³-hybridized carbons (Fsp3) is 0.222. The molecule has 1 unspecified atom stereocenters. The van der Waals surface area contributed by atoms with E-state index >= 15 is 0 Å². The van der Waals surface area contributed by atoms with Gasteiger partial charge in [0.25, 0.3) is 0 Å². The van der Waals surface area contributed by atoms with Gasteiger partial charge in [-0.1, -0.05) is 37.3 Å². The fourth-order valence-electron chi connectivity index (χ4n) is 2.58. The van der Waals surface area contributed by atoms with Crippen LogP contribution in [0.5, 0.6) is 0 Å². The molecule has 3 rings (SSSR count). The molecule has 1 aromatic heterocycles. The van der Waals surface area contributed by atoms with E-state index < -0.39 is 0 Å². The quantitative estimate of drug-likeness (QED) is 0.758. The molecule has 0 aliphatic carbocycles. The van der Waals surface area contributed by atoms with Gasteiger partial charge in [-0.05, 0) is 42.8 Å². The van der Waals surface area contributed by atoms with Crippen LogP contribution in [-0.4, -0.2) is 6.54 Å². The van der Waals surface area contributed by atoms with Crippen molar-refractivity contribution in [3.05, 3.63) is 71.2 Å². The number of hydrogen-bond acceptors (Lipinski definition) is 2. The second-order valence-corrected chi connectivity index (χ2v) is 5.19. The fourth-order valence-corrected chi connectivity index (χ4v) is 2.58. The first-order valence-electron chi connectivity index (χ1n) is 7.17. The van der Waals surface area contributed by atoms with Crippen LogP contribution in [0.25, 0.3) is 11.0 Å². The Morgan fingerprint density at radius 1 is 1.14 bits per heavy atom. The predicted molar refractivity (Wildman–Crippen MR) is 82.9 cm³/mol. The van der Waals surface area contributed by atoms with Crippen molar-refractivity contribution in [2.45, 2.75) is 19.9 Å². The van der Waals surface area contributed by atoms with E-state index in [1.807, 2.05) is 49.4 Å². The first kappa shape index (κ1) is 13.8. The second kappa shape index (κ2) is 5.70. The number of rotatable bonds is 4. The van der Waals surface area contributed by atoms with Gasteiger partial charge in [-0.3, -0.25) is 0 Å². The van der Waals surface area contributed by atoms with Crippen molar-refractivity contribution in [1.82, 2.24) is 5.32 Å². The third kappa shape index (κ3) is 2.69. The number of furan rings is 1. The Labute approximate surface area is 123 Å². The van der Waals surface area contributed by atoms with Crippen molar-refractivity contribution < 1.29 is 8.81 Å². The zero-order valence-corrected chi connectivity index (χ0v) is 12.2. The lowest BCUT2D eigenvalue weighted by Crippen LogP contribution is -2.21. The molecule has 0 aliphatic heterocycles. The van der Waals surface area contributed by atoms with E-state index in [0.717, 1.165) is 28.8 Å². The molecule has 0 saturated carbocycles. The highest BCUT2D eigenvalue weighted by Crippen LogP contribution is 2.29. The van der Waals surface area contributed by atoms with E-state index in [2.05, 4.69) is 5.32 Å². The summed E-state index contributed by atoms with van der Waals surface area (Å²) < 4.78 is 19.4. The van der Waals surface area contributed by atoms with Gasteiger partial charge >= 0.3 is 0 Å². The summed E-state index contributed by atoms with van der Waals surface area (Å²) in [7, 11) is 0. The smallest absolute Gasteiger partial charge is 0.134 e. The van der Waals surface area contributed by atoms with Crippen molar-refractivity contribution in [1.29, 1.82) is 0 Å². The van der Waals surface area contributed by atoms with Crippen molar-refractivity contribution in [2.24, 2.45) is 0 Å². The molecule has 0 amide bonds. The van der Waals surface area contributed by atoms with Gasteiger partial charge in [0.15, 0.2) is 0 Å². The molecule has 0 aliphatic rings. The molecule has 0 bridgehead atoms. The molecule has 108 valence electrons. The summed E-state index contributed by atoms with van der Waals surface area (Å²) in [4.78, 5) is 0. The molecule has 0 spiro atoms. The van der Waals surface area contributed by atoms with Gasteiger partial charge in [-0.15, -0.1) is 0 Å². The largest absolute Gasteiger partial charge is 0.459 e. The van der Waals surface area contributed by atoms with E-state index in [0.29, 0.717) is 5.56 Å². The van der Waals surface area contributed by atoms with Crippen LogP contribution in [0.4, 0.5) is 4.39 Å². The summed E-state index contributed by atoms with van der Waals surface area (Å²) in [5, 5.41) is 4.48. The van der Waals surface area contributed by atoms with Crippen molar-refractivity contribution >= 4 is 11.0 Å². The van der Waals surface area contributed by atoms with Gasteiger partial charge in [0.1, 0.15) is 17.2 Å². The van der Waals surface area contributed by atoms with Crippen LogP contribution in [0.3, 0.4) is 0 Å². The van der Waals surface area contributed by atoms with Crippen LogP contribution in [0.1, 0.15) is 29.9 Å². The van der Waals surface area contributed by atoms with E-state index in [-0.39, 0.29) is 11.9 Å². The van der Waals surface area contributed by atoms with Gasteiger partial charge in [0.2, 0.25) is 0 Å². The van der Waals surface area contributed by atoms with Crippen molar-refractivity contribution in [3.8, 4) is 0 Å². The molecule has 21 heavy (non-hydrogen) atoms. The summed E-state index contributed by atoms with van der Waals surface area (Å²) in [5.41, 5.74) is 2.52. The molecule has 1 N–H and O–H groups in total. The number of benzene rings is 2. The molecule has 3 heteroatoms. The van der Waals surface area contributed by atoms with Crippen molar-refractivity contribution in [2.75, 3.05) is 6.54 Å². The molecule has 3 aromatic rings. The standard InChI is InChI=1S/C18H18FNO/c1-3-20-18(14-8-9-15(19)12(2)10-14)17-11-13-6-4-5-7-16(13)21-17/h4-11,18,20H,3H2,1-2H3. The average molecular weight is 283 g/mol. The Balaban J connectivity index is 2.05. The Hall–Kier alpha value is -2.13. The van der Waals surface area contributed by atoms with Gasteiger partial charge in [0.05, 0.1) is 6.04 Å². The zero-order valence-electron chi connectivity index (χ0n) is 12.2. The summed E-state index contributed by atoms with van der Waals surface area (Å²) in [6, 6.07) is 15.1. The number of fused-ring (bicyclic) bond motifs is 1. The number of nitrogens with one attached hydrogen (secondary N) is 1. The van der Waals surface area contributed by atoms with Crippen LogP contribution in [0.2, 0.25) is 0 Å². The van der Waals surface area contributed by atoms with E-state index in [1.54, 1.807) is 6.92 Å². The Morgan fingerprint density at radius 2 is 1.95 bits per heavy atom. The Kier molecular flexibility index (Phi) is 3.76. The maximum Gasteiger partial charge on any atom is 0.134 e. The van der Waals surface area contributed by atoms with E-state index in [9.17, 15) is 4.39 Å². The Morgan fingerprint density at radius 3 is 2.67 bits per heavy atom. The van der Waals surface area contributed by atoms with Crippen LogP contribution in [0.15, 0.2) is 52.9 Å². The van der Waals surface area contributed by atoms with Crippen LogP contribution in [-0.2, 0) is 0 Å². The zero-order chi connectivity index (χ0) is 14.8. The van der Waals surface area contributed by atoms with Gasteiger partial charge in [-0.2, -0.15) is 0 Å². The third-order valence-corrected chi connectivity index (χ3v) is 3.65. The summed E-state index contributed by atoms with van der Waals surface area (Å²) >= 11 is 0. The molecule has 0 radical (unpaired) electrons. The van der Waals surface area contributed by atoms with E-state index in [1.165, 1.54) is 6.07 Å². The second-order valence-electron chi connectivity index (χ2n) is 5.19. The lowest BCUT2D eigenvalue weighted by Gasteiger charge is -2.16. The maximum atomic E-state index is 13.5. The number of hydrogen-bond donors (Lipinski definition) is 1. The molecular weight excluding hydrogens is 265 g/mol. The molecule has 2 aromatic carbocycles. The SMILES string of the molecule is CCNC(c1ccc(F)c(C)c1)c1cc2ccccc2o1. The van der Waals surface area contributed by atoms with Gasteiger partial charge < -0.3 is 9.73 Å². The number of para-hydroxylation sites is 1. The molecule has 2 nitrogen and oxygen atoms in total. The average Bonchev–Trinajstić information content (AvgIpc) is 2.91. The minimum absolute atomic E-state index is 0.0679. The first-order valence-corrected chi connectivity index (χ1v) is 7.17. The van der Waals surface area contributed by atoms with Crippen LogP contribution >= 0.6 is 0 Å². The normalized spacial score (nSPS) is 12.7. The third-order valence-electron chi connectivity index (χ3n) is 3.65. The predicted octanol–water partition coefficient (Wildman–Crippen LogP) is 4.58. The lowest BCUT2D eigenvalue weighted by atomic mass is 10.0. The minimum Gasteiger partial charge on any atom is -0.459 e. The number of aryl methyl sites for hydroxylation is 1. The summed E-state index contributed by atoms with van der Waals surface area (Å²) in [6.45, 7) is 4.63. The van der Waals surface area contributed by atoms with Crippen LogP contribution < -0.4 is 5.32 Å². The topological polar surface area (TPSA) is 25.2 Å². The molecular formula is C18H18FNO. The highest BCUT2D eigenvalue weighted by atomic mass is 19.1. The van der Waals surface area contributed by atoms with E-state index in [4.69, 9.17) is 4.42 Å². The maximum absolute atomic E-state index is 13.5. The number of halogens is 1. The van der Waals surface area contributed by atoms with Gasteiger partial charge in [-0.25, -0.2) is 4.39 Å². The highest BCUT2D eigenvalue weighted by molar-refractivity contribution is 5.78. The van der Waals surface area contributed by atoms with Crippen LogP contribution in [0, 0.1) is 12.7 Å². The molecule has 0 saturated heterocycles. The monoisotopic (exact) mass is 283 g/mol. The first-order chi connectivity index (χ1) is 10.2. The molecule has 0 fully saturated rings. The summed E-state index contributed by atoms with van der Waals surface area (Å²) in [6.07, 6.45) is 0. The highest BCUT2D eigenvalue weighted by Gasteiger charge is 2.18. The minimum atomic E-state index is -0.182. The van der Waals surface area contributed by atoms with Gasteiger partial charge in [0, 0.05) is 5.39 Å². The lowest BCUT2D eigenvalue weighted by molar-refractivity contribution is 0.476. The Bertz CT molecular complexity index is 730. The van der Waals surface area contributed by atoms with Crippen molar-refractivity contribution in [3.63, 3.8) is 0 Å². The summed E-state index contributed by atoms with van der Waals surface area (Å²) in [5.74, 6) is 0.669.